The standard InChI is InChI=1S/C15H22BrN3O2/c1-10(13-6-3-7-21-13)18-14-12(16)8-17-19(15(14)20)9-11-4-2-5-11/h8,10-11,13,18H,2-7,9H2,1H3. The SMILES string of the molecule is CC(Nc1c(Br)cnn(CC2CCC2)c1=O)C1CCCO1. The minimum absolute atomic E-state index is 0.0406. The van der Waals surface area contributed by atoms with Gasteiger partial charge in [-0.2, -0.15) is 5.10 Å². The number of rotatable bonds is 5. The fraction of sp³-hybridized carbons (Fsp3) is 0.733. The number of nitrogens with zero attached hydrogens (tertiary/aromatic N) is 2. The molecule has 2 atom stereocenters. The summed E-state index contributed by atoms with van der Waals surface area (Å²) in [5.74, 6) is 0.611. The molecule has 3 rings (SSSR count). The maximum atomic E-state index is 12.6. The van der Waals surface area contributed by atoms with Gasteiger partial charge in [0.15, 0.2) is 0 Å². The van der Waals surface area contributed by atoms with Crippen molar-refractivity contribution in [1.82, 2.24) is 9.78 Å². The van der Waals surface area contributed by atoms with E-state index >= 15 is 0 Å². The van der Waals surface area contributed by atoms with Crippen molar-refractivity contribution in [2.75, 3.05) is 11.9 Å². The lowest BCUT2D eigenvalue weighted by molar-refractivity contribution is 0.0996. The van der Waals surface area contributed by atoms with Gasteiger partial charge >= 0.3 is 0 Å². The number of aromatic nitrogens is 2. The minimum atomic E-state index is -0.0406. The molecule has 1 aliphatic heterocycles. The highest BCUT2D eigenvalue weighted by Crippen LogP contribution is 2.28. The highest BCUT2D eigenvalue weighted by Gasteiger charge is 2.25. The molecule has 1 N–H and O–H groups in total. The van der Waals surface area contributed by atoms with Crippen LogP contribution in [0.1, 0.15) is 39.0 Å². The third kappa shape index (κ3) is 3.31. The highest BCUT2D eigenvalue weighted by atomic mass is 79.9. The number of ether oxygens (including phenoxy) is 1. The van der Waals surface area contributed by atoms with E-state index in [0.717, 1.165) is 30.5 Å². The van der Waals surface area contributed by atoms with E-state index in [9.17, 15) is 4.79 Å². The predicted molar refractivity (Wildman–Crippen MR) is 85.6 cm³/mol. The summed E-state index contributed by atoms with van der Waals surface area (Å²) in [6, 6.07) is 0.121. The van der Waals surface area contributed by atoms with Crippen molar-refractivity contribution < 1.29 is 4.74 Å². The van der Waals surface area contributed by atoms with Crippen molar-refractivity contribution in [3.05, 3.63) is 21.0 Å². The van der Waals surface area contributed by atoms with Crippen LogP contribution in [0.4, 0.5) is 5.69 Å². The van der Waals surface area contributed by atoms with E-state index in [0.29, 0.717) is 11.6 Å². The molecule has 5 nitrogen and oxygen atoms in total. The largest absolute Gasteiger partial charge is 0.376 e. The van der Waals surface area contributed by atoms with Crippen LogP contribution >= 0.6 is 15.9 Å². The first kappa shape index (κ1) is 15.0. The van der Waals surface area contributed by atoms with Crippen molar-refractivity contribution >= 4 is 21.6 Å². The van der Waals surface area contributed by atoms with Gasteiger partial charge in [-0.25, -0.2) is 4.68 Å². The Morgan fingerprint density at radius 2 is 2.29 bits per heavy atom. The maximum absolute atomic E-state index is 12.6. The average molecular weight is 356 g/mol. The Morgan fingerprint density at radius 3 is 2.90 bits per heavy atom. The van der Waals surface area contributed by atoms with Crippen LogP contribution in [0.5, 0.6) is 0 Å². The van der Waals surface area contributed by atoms with Crippen LogP contribution in [-0.2, 0) is 11.3 Å². The first-order valence-corrected chi connectivity index (χ1v) is 8.58. The van der Waals surface area contributed by atoms with Gasteiger partial charge < -0.3 is 10.1 Å². The quantitative estimate of drug-likeness (QED) is 0.882. The molecule has 2 unspecified atom stereocenters. The molecule has 0 aromatic carbocycles. The average Bonchev–Trinajstić information content (AvgIpc) is 2.94. The van der Waals surface area contributed by atoms with Gasteiger partial charge in [0, 0.05) is 19.2 Å². The molecule has 2 fully saturated rings. The third-order valence-electron chi connectivity index (χ3n) is 4.55. The lowest BCUT2D eigenvalue weighted by Gasteiger charge is -2.26. The lowest BCUT2D eigenvalue weighted by Crippen LogP contribution is -2.36. The molecule has 1 saturated carbocycles. The first-order chi connectivity index (χ1) is 10.1. The van der Waals surface area contributed by atoms with Crippen LogP contribution in [0.3, 0.4) is 0 Å². The Bertz CT molecular complexity index is 550. The van der Waals surface area contributed by atoms with Gasteiger partial charge in [0.25, 0.3) is 5.56 Å². The molecule has 1 saturated heterocycles. The molecule has 2 heterocycles. The van der Waals surface area contributed by atoms with Gasteiger partial charge in [0.2, 0.25) is 0 Å². The van der Waals surface area contributed by atoms with E-state index in [1.54, 1.807) is 10.9 Å². The Balaban J connectivity index is 1.76. The zero-order valence-electron chi connectivity index (χ0n) is 12.3. The lowest BCUT2D eigenvalue weighted by atomic mass is 9.85. The maximum Gasteiger partial charge on any atom is 0.291 e. The molecule has 0 amide bonds. The Morgan fingerprint density at radius 1 is 1.48 bits per heavy atom. The molecule has 0 spiro atoms. The second-order valence-corrected chi connectivity index (χ2v) is 6.99. The fourth-order valence-corrected chi connectivity index (χ4v) is 3.34. The van der Waals surface area contributed by atoms with Crippen LogP contribution in [0.15, 0.2) is 15.5 Å². The Kier molecular flexibility index (Phi) is 4.64. The second-order valence-electron chi connectivity index (χ2n) is 6.14. The Hall–Kier alpha value is -0.880. The monoisotopic (exact) mass is 355 g/mol. The molecular weight excluding hydrogens is 334 g/mol. The topological polar surface area (TPSA) is 56.2 Å². The summed E-state index contributed by atoms with van der Waals surface area (Å²) in [6.07, 6.45) is 7.73. The smallest absolute Gasteiger partial charge is 0.291 e. The van der Waals surface area contributed by atoms with Gasteiger partial charge in [-0.15, -0.1) is 0 Å². The third-order valence-corrected chi connectivity index (χ3v) is 5.15. The van der Waals surface area contributed by atoms with E-state index in [4.69, 9.17) is 4.74 Å². The molecule has 1 aliphatic carbocycles. The molecule has 1 aromatic heterocycles. The van der Waals surface area contributed by atoms with Gasteiger partial charge in [-0.05, 0) is 54.5 Å². The van der Waals surface area contributed by atoms with Crippen molar-refractivity contribution in [3.8, 4) is 0 Å². The summed E-state index contributed by atoms with van der Waals surface area (Å²) in [5.41, 5.74) is 0.563. The fourth-order valence-electron chi connectivity index (χ4n) is 2.97. The summed E-state index contributed by atoms with van der Waals surface area (Å²) < 4.78 is 8.01. The van der Waals surface area contributed by atoms with Crippen molar-refractivity contribution in [2.24, 2.45) is 5.92 Å². The summed E-state index contributed by atoms with van der Waals surface area (Å²) in [6.45, 7) is 3.62. The van der Waals surface area contributed by atoms with Gasteiger partial charge in [0.05, 0.1) is 16.8 Å². The van der Waals surface area contributed by atoms with Crippen LogP contribution in [-0.4, -0.2) is 28.5 Å². The van der Waals surface area contributed by atoms with Gasteiger partial charge in [0.1, 0.15) is 5.69 Å². The first-order valence-electron chi connectivity index (χ1n) is 7.79. The number of anilines is 1. The molecular formula is C15H22BrN3O2. The van der Waals surface area contributed by atoms with Crippen molar-refractivity contribution in [2.45, 2.75) is 57.7 Å². The molecule has 2 aliphatic rings. The van der Waals surface area contributed by atoms with Crippen LogP contribution in [0.2, 0.25) is 0 Å². The normalized spacial score (nSPS) is 23.8. The summed E-state index contributed by atoms with van der Waals surface area (Å²) >= 11 is 3.44. The second kappa shape index (κ2) is 6.48. The minimum Gasteiger partial charge on any atom is -0.376 e. The number of hydrogen-bond acceptors (Lipinski definition) is 4. The number of nitrogens with one attached hydrogen (secondary N) is 1. The van der Waals surface area contributed by atoms with Gasteiger partial charge in [-0.1, -0.05) is 6.42 Å². The summed E-state index contributed by atoms with van der Waals surface area (Å²) in [4.78, 5) is 12.6. The van der Waals surface area contributed by atoms with Crippen molar-refractivity contribution in [3.63, 3.8) is 0 Å². The molecule has 0 radical (unpaired) electrons. The predicted octanol–water partition coefficient (Wildman–Crippen LogP) is 2.79. The van der Waals surface area contributed by atoms with E-state index in [-0.39, 0.29) is 17.7 Å². The van der Waals surface area contributed by atoms with Crippen molar-refractivity contribution in [1.29, 1.82) is 0 Å². The molecule has 21 heavy (non-hydrogen) atoms. The number of hydrogen-bond donors (Lipinski definition) is 1. The van der Waals surface area contributed by atoms with Crippen LogP contribution in [0, 0.1) is 5.92 Å². The van der Waals surface area contributed by atoms with Gasteiger partial charge in [-0.3, -0.25) is 4.79 Å². The van der Waals surface area contributed by atoms with E-state index in [1.807, 2.05) is 0 Å². The molecule has 0 bridgehead atoms. The van der Waals surface area contributed by atoms with E-state index < -0.39 is 0 Å². The Labute approximate surface area is 133 Å². The zero-order valence-corrected chi connectivity index (χ0v) is 13.9. The summed E-state index contributed by atoms with van der Waals surface area (Å²) in [5, 5.41) is 7.58. The molecule has 1 aromatic rings. The molecule has 6 heteroatoms. The van der Waals surface area contributed by atoms with Crippen LogP contribution < -0.4 is 10.9 Å². The number of halogens is 1. The zero-order chi connectivity index (χ0) is 14.8. The van der Waals surface area contributed by atoms with E-state index in [2.05, 4.69) is 33.3 Å². The summed E-state index contributed by atoms with van der Waals surface area (Å²) in [7, 11) is 0. The highest BCUT2D eigenvalue weighted by molar-refractivity contribution is 9.10. The van der Waals surface area contributed by atoms with Crippen LogP contribution in [0.25, 0.3) is 0 Å². The molecule has 116 valence electrons. The van der Waals surface area contributed by atoms with E-state index in [1.165, 1.54) is 19.3 Å².